The van der Waals surface area contributed by atoms with Crippen molar-refractivity contribution in [1.82, 2.24) is 4.98 Å². The molecule has 20 heavy (non-hydrogen) atoms. The Labute approximate surface area is 124 Å². The molecule has 1 fully saturated rings. The number of aromatic nitrogens is 1. The van der Waals surface area contributed by atoms with Gasteiger partial charge in [-0.1, -0.05) is 12.1 Å². The van der Waals surface area contributed by atoms with Crippen LogP contribution in [0.2, 0.25) is 0 Å². The molecule has 0 spiro atoms. The van der Waals surface area contributed by atoms with Gasteiger partial charge in [-0.2, -0.15) is 0 Å². The van der Waals surface area contributed by atoms with E-state index in [9.17, 15) is 0 Å². The quantitative estimate of drug-likeness (QED) is 0.916. The van der Waals surface area contributed by atoms with Crippen molar-refractivity contribution < 1.29 is 4.74 Å². The average Bonchev–Trinajstić information content (AvgIpc) is 2.88. The minimum Gasteiger partial charge on any atom is -0.378 e. The molecule has 0 bridgehead atoms. The van der Waals surface area contributed by atoms with Gasteiger partial charge in [0.25, 0.3) is 0 Å². The molecule has 1 aliphatic rings. The van der Waals surface area contributed by atoms with E-state index in [-0.39, 0.29) is 6.04 Å². The number of rotatable bonds is 5. The fourth-order valence-electron chi connectivity index (χ4n) is 2.77. The minimum absolute atomic E-state index is 0.195. The molecule has 2 N–H and O–H groups in total. The maximum absolute atomic E-state index is 6.26. The number of ether oxygens (including phenoxy) is 1. The Morgan fingerprint density at radius 3 is 3.05 bits per heavy atom. The van der Waals surface area contributed by atoms with Crippen molar-refractivity contribution in [2.24, 2.45) is 5.73 Å². The van der Waals surface area contributed by atoms with Crippen LogP contribution >= 0.6 is 11.3 Å². The molecule has 1 aromatic carbocycles. The summed E-state index contributed by atoms with van der Waals surface area (Å²) in [6, 6.07) is 8.48. The number of para-hydroxylation sites is 1. The number of nitrogens with zero attached hydrogens (tertiary/aromatic N) is 1. The molecule has 2 atom stereocenters. The molecule has 3 rings (SSSR count). The highest BCUT2D eigenvalue weighted by molar-refractivity contribution is 7.18. The van der Waals surface area contributed by atoms with Gasteiger partial charge in [-0.05, 0) is 44.2 Å². The highest BCUT2D eigenvalue weighted by Crippen LogP contribution is 2.23. The normalized spacial score (nSPS) is 21.1. The van der Waals surface area contributed by atoms with E-state index >= 15 is 0 Å². The number of benzene rings is 1. The van der Waals surface area contributed by atoms with Gasteiger partial charge in [0.05, 0.1) is 21.3 Å². The molecule has 1 saturated heterocycles. The van der Waals surface area contributed by atoms with Gasteiger partial charge in [0.2, 0.25) is 0 Å². The van der Waals surface area contributed by atoms with E-state index in [1.807, 2.05) is 6.07 Å². The second kappa shape index (κ2) is 6.66. The third kappa shape index (κ3) is 3.57. The molecule has 3 nitrogen and oxygen atoms in total. The summed E-state index contributed by atoms with van der Waals surface area (Å²) in [7, 11) is 0. The van der Waals surface area contributed by atoms with Gasteiger partial charge in [0.1, 0.15) is 0 Å². The van der Waals surface area contributed by atoms with Gasteiger partial charge in [-0.25, -0.2) is 4.98 Å². The van der Waals surface area contributed by atoms with E-state index < -0.39 is 0 Å². The zero-order chi connectivity index (χ0) is 13.8. The molecule has 1 aliphatic heterocycles. The van der Waals surface area contributed by atoms with Crippen LogP contribution in [0.5, 0.6) is 0 Å². The first-order chi connectivity index (χ1) is 9.81. The van der Waals surface area contributed by atoms with Crippen molar-refractivity contribution in [3.63, 3.8) is 0 Å². The number of nitrogens with two attached hydrogens (primary N) is 1. The van der Waals surface area contributed by atoms with Crippen LogP contribution < -0.4 is 5.73 Å². The van der Waals surface area contributed by atoms with E-state index in [4.69, 9.17) is 10.5 Å². The van der Waals surface area contributed by atoms with Crippen LogP contribution in [0.1, 0.15) is 37.1 Å². The van der Waals surface area contributed by atoms with Crippen molar-refractivity contribution in [2.75, 3.05) is 6.61 Å². The van der Waals surface area contributed by atoms with Gasteiger partial charge < -0.3 is 10.5 Å². The van der Waals surface area contributed by atoms with Gasteiger partial charge >= 0.3 is 0 Å². The maximum atomic E-state index is 6.26. The summed E-state index contributed by atoms with van der Waals surface area (Å²) >= 11 is 1.76. The summed E-state index contributed by atoms with van der Waals surface area (Å²) in [6.07, 6.45) is 7.16. The van der Waals surface area contributed by atoms with Crippen molar-refractivity contribution in [3.8, 4) is 0 Å². The first kappa shape index (κ1) is 14.0. The predicted octanol–water partition coefficient (Wildman–Crippen LogP) is 3.52. The molecule has 0 saturated carbocycles. The summed E-state index contributed by atoms with van der Waals surface area (Å²) in [5.41, 5.74) is 7.35. The third-order valence-corrected chi connectivity index (χ3v) is 4.97. The molecule has 4 heteroatoms. The second-order valence-corrected chi connectivity index (χ2v) is 6.72. The molecular formula is C16H22N2OS. The van der Waals surface area contributed by atoms with Gasteiger partial charge in [0.15, 0.2) is 0 Å². The van der Waals surface area contributed by atoms with Crippen LogP contribution in [0, 0.1) is 0 Å². The smallest absolute Gasteiger partial charge is 0.0954 e. The van der Waals surface area contributed by atoms with Crippen molar-refractivity contribution in [3.05, 3.63) is 29.3 Å². The van der Waals surface area contributed by atoms with Crippen LogP contribution in [0.4, 0.5) is 0 Å². The Morgan fingerprint density at radius 2 is 2.25 bits per heavy atom. The number of hydrogen-bond donors (Lipinski definition) is 1. The summed E-state index contributed by atoms with van der Waals surface area (Å²) in [6.45, 7) is 0.928. The topological polar surface area (TPSA) is 48.1 Å². The number of thiazole rings is 1. The lowest BCUT2D eigenvalue weighted by Gasteiger charge is -2.23. The van der Waals surface area contributed by atoms with Crippen LogP contribution in [0.15, 0.2) is 24.3 Å². The van der Waals surface area contributed by atoms with Crippen LogP contribution in [0.25, 0.3) is 10.2 Å². The van der Waals surface area contributed by atoms with Gasteiger partial charge in [0, 0.05) is 19.1 Å². The number of fused-ring (bicyclic) bond motifs is 1. The van der Waals surface area contributed by atoms with Crippen LogP contribution in [0.3, 0.4) is 0 Å². The van der Waals surface area contributed by atoms with E-state index in [0.717, 1.165) is 36.4 Å². The summed E-state index contributed by atoms with van der Waals surface area (Å²) in [5.74, 6) is 0. The molecule has 0 radical (unpaired) electrons. The largest absolute Gasteiger partial charge is 0.378 e. The van der Waals surface area contributed by atoms with E-state index in [2.05, 4.69) is 23.2 Å². The molecule has 1 aromatic heterocycles. The first-order valence-corrected chi connectivity index (χ1v) is 8.34. The molecule has 2 unspecified atom stereocenters. The maximum Gasteiger partial charge on any atom is 0.0954 e. The van der Waals surface area contributed by atoms with Crippen LogP contribution in [-0.2, 0) is 11.2 Å². The highest BCUT2D eigenvalue weighted by atomic mass is 32.1. The average molecular weight is 290 g/mol. The van der Waals surface area contributed by atoms with Gasteiger partial charge in [-0.15, -0.1) is 11.3 Å². The molecule has 0 amide bonds. The van der Waals surface area contributed by atoms with Crippen molar-refractivity contribution in [2.45, 2.75) is 50.7 Å². The zero-order valence-electron chi connectivity index (χ0n) is 11.8. The lowest BCUT2D eigenvalue weighted by atomic mass is 10.0. The van der Waals surface area contributed by atoms with Gasteiger partial charge in [-0.3, -0.25) is 0 Å². The van der Waals surface area contributed by atoms with Crippen LogP contribution in [-0.4, -0.2) is 23.7 Å². The summed E-state index contributed by atoms with van der Waals surface area (Å²) in [5, 5.41) is 1.16. The molecule has 0 aliphatic carbocycles. The fourth-order valence-corrected chi connectivity index (χ4v) is 3.83. The molecule has 108 valence electrons. The SMILES string of the molecule is NC(CCC1CCCCO1)Cc1nc2ccccc2s1. The Kier molecular flexibility index (Phi) is 4.65. The van der Waals surface area contributed by atoms with Crippen molar-refractivity contribution in [1.29, 1.82) is 0 Å². The standard InChI is InChI=1S/C16H22N2OS/c17-12(8-9-13-5-3-4-10-19-13)11-16-18-14-6-1-2-7-15(14)20-16/h1-2,6-7,12-13H,3-5,8-11,17H2. The zero-order valence-corrected chi connectivity index (χ0v) is 12.6. The first-order valence-electron chi connectivity index (χ1n) is 7.53. The van der Waals surface area contributed by atoms with E-state index in [0.29, 0.717) is 6.10 Å². The van der Waals surface area contributed by atoms with E-state index in [1.165, 1.54) is 24.0 Å². The Bertz CT molecular complexity index is 515. The Balaban J connectivity index is 1.51. The molecule has 2 aromatic rings. The summed E-state index contributed by atoms with van der Waals surface area (Å²) < 4.78 is 7.01. The fraction of sp³-hybridized carbons (Fsp3) is 0.562. The monoisotopic (exact) mass is 290 g/mol. The minimum atomic E-state index is 0.195. The second-order valence-electron chi connectivity index (χ2n) is 5.61. The lowest BCUT2D eigenvalue weighted by molar-refractivity contribution is 0.00915. The third-order valence-electron chi connectivity index (χ3n) is 3.91. The Hall–Kier alpha value is -0.970. The van der Waals surface area contributed by atoms with Crippen molar-refractivity contribution >= 4 is 21.6 Å². The summed E-state index contributed by atoms with van der Waals surface area (Å²) in [4.78, 5) is 4.65. The Morgan fingerprint density at radius 1 is 1.35 bits per heavy atom. The predicted molar refractivity (Wildman–Crippen MR) is 84.1 cm³/mol. The lowest BCUT2D eigenvalue weighted by Crippen LogP contribution is -2.26. The highest BCUT2D eigenvalue weighted by Gasteiger charge is 2.16. The molecular weight excluding hydrogens is 268 g/mol. The number of hydrogen-bond acceptors (Lipinski definition) is 4. The molecule has 2 heterocycles. The van der Waals surface area contributed by atoms with E-state index in [1.54, 1.807) is 11.3 Å².